The highest BCUT2D eigenvalue weighted by atomic mass is 32.2. The van der Waals surface area contributed by atoms with Crippen molar-refractivity contribution in [2.45, 2.75) is 43.0 Å². The minimum Gasteiger partial charge on any atom is -0.493 e. The Kier molecular flexibility index (Phi) is 8.33. The lowest BCUT2D eigenvalue weighted by Gasteiger charge is -2.32. The Labute approximate surface area is 198 Å². The number of thiophene rings is 1. The highest BCUT2D eigenvalue weighted by Gasteiger charge is 2.28. The van der Waals surface area contributed by atoms with Crippen molar-refractivity contribution in [3.8, 4) is 11.5 Å². The van der Waals surface area contributed by atoms with Gasteiger partial charge < -0.3 is 19.7 Å². The molecule has 0 spiro atoms. The summed E-state index contributed by atoms with van der Waals surface area (Å²) in [7, 11) is -2.06. The molecule has 2 aromatic rings. The van der Waals surface area contributed by atoms with Crippen molar-refractivity contribution < 1.29 is 27.5 Å². The van der Waals surface area contributed by atoms with Crippen LogP contribution in [-0.2, 0) is 14.8 Å². The second kappa shape index (κ2) is 11.0. The number of carbonyl (C=O) groups excluding carboxylic acids is 2. The highest BCUT2D eigenvalue weighted by Crippen LogP contribution is 2.29. The third-order valence-corrected chi connectivity index (χ3v) is 8.00. The number of hydrogen-bond donors (Lipinski definition) is 2. The van der Waals surface area contributed by atoms with Gasteiger partial charge in [0.1, 0.15) is 4.21 Å². The van der Waals surface area contributed by atoms with Crippen LogP contribution in [0.2, 0.25) is 0 Å². The fraction of sp³-hybridized carbons (Fsp3) is 0.455. The van der Waals surface area contributed by atoms with Gasteiger partial charge in [-0.05, 0) is 56.3 Å². The standard InChI is InChI=1S/C22H29N3O6S2/c1-15(2)23-20(26)14-31-18-7-6-16(13-19(18)30-3)22(27)25-10-8-17(9-11-25)24-33(28,29)21-5-4-12-32-21/h4-7,12-13,15,17,24H,8-11,14H2,1-3H3,(H,23,26). The van der Waals surface area contributed by atoms with E-state index in [9.17, 15) is 18.0 Å². The topological polar surface area (TPSA) is 114 Å². The van der Waals surface area contributed by atoms with Crippen LogP contribution in [0.25, 0.3) is 0 Å². The van der Waals surface area contributed by atoms with Crippen LogP contribution in [-0.4, -0.2) is 64.0 Å². The zero-order chi connectivity index (χ0) is 24.0. The molecule has 1 aromatic carbocycles. The van der Waals surface area contributed by atoms with E-state index in [1.165, 1.54) is 18.4 Å². The van der Waals surface area contributed by atoms with E-state index >= 15 is 0 Å². The molecule has 2 heterocycles. The van der Waals surface area contributed by atoms with E-state index in [2.05, 4.69) is 10.0 Å². The van der Waals surface area contributed by atoms with Crippen molar-refractivity contribution in [1.82, 2.24) is 14.9 Å². The Morgan fingerprint density at radius 3 is 2.52 bits per heavy atom. The number of sulfonamides is 1. The first kappa shape index (κ1) is 25.0. The molecule has 0 aliphatic carbocycles. The van der Waals surface area contributed by atoms with Crippen LogP contribution in [0.1, 0.15) is 37.0 Å². The van der Waals surface area contributed by atoms with Crippen molar-refractivity contribution in [3.05, 3.63) is 41.3 Å². The number of benzene rings is 1. The van der Waals surface area contributed by atoms with Crippen LogP contribution in [0, 0.1) is 0 Å². The lowest BCUT2D eigenvalue weighted by molar-refractivity contribution is -0.123. The lowest BCUT2D eigenvalue weighted by atomic mass is 10.0. The number of carbonyl (C=O) groups is 2. The van der Waals surface area contributed by atoms with Gasteiger partial charge in [0.2, 0.25) is 10.0 Å². The van der Waals surface area contributed by atoms with Crippen molar-refractivity contribution in [3.63, 3.8) is 0 Å². The summed E-state index contributed by atoms with van der Waals surface area (Å²) in [5.74, 6) is 0.313. The molecule has 1 fully saturated rings. The SMILES string of the molecule is COc1cc(C(=O)N2CCC(NS(=O)(=O)c3cccs3)CC2)ccc1OCC(=O)NC(C)C. The molecule has 3 rings (SSSR count). The van der Waals surface area contributed by atoms with Gasteiger partial charge in [-0.15, -0.1) is 11.3 Å². The smallest absolute Gasteiger partial charge is 0.258 e. The van der Waals surface area contributed by atoms with Crippen molar-refractivity contribution >= 4 is 33.2 Å². The minimum absolute atomic E-state index is 0.0122. The zero-order valence-corrected chi connectivity index (χ0v) is 20.5. The fourth-order valence-electron chi connectivity index (χ4n) is 3.50. The van der Waals surface area contributed by atoms with Crippen molar-refractivity contribution in [1.29, 1.82) is 0 Å². The molecule has 2 N–H and O–H groups in total. The predicted octanol–water partition coefficient (Wildman–Crippen LogP) is 2.24. The van der Waals surface area contributed by atoms with E-state index in [1.54, 1.807) is 40.6 Å². The molecule has 1 aromatic heterocycles. The summed E-state index contributed by atoms with van der Waals surface area (Å²) in [6.07, 6.45) is 1.05. The largest absolute Gasteiger partial charge is 0.493 e. The van der Waals surface area contributed by atoms with Crippen LogP contribution in [0.3, 0.4) is 0 Å². The van der Waals surface area contributed by atoms with Crippen molar-refractivity contribution in [2.24, 2.45) is 0 Å². The van der Waals surface area contributed by atoms with E-state index in [-0.39, 0.29) is 34.7 Å². The molecule has 1 saturated heterocycles. The summed E-state index contributed by atoms with van der Waals surface area (Å²) in [6.45, 7) is 4.44. The molecule has 33 heavy (non-hydrogen) atoms. The van der Waals surface area contributed by atoms with E-state index in [0.29, 0.717) is 43.0 Å². The predicted molar refractivity (Wildman–Crippen MR) is 125 cm³/mol. The van der Waals surface area contributed by atoms with Crippen LogP contribution < -0.4 is 19.5 Å². The minimum atomic E-state index is -3.53. The Hall–Kier alpha value is -2.63. The third-order valence-electron chi connectivity index (χ3n) is 5.08. The Balaban J connectivity index is 1.57. The molecule has 0 saturated carbocycles. The van der Waals surface area contributed by atoms with Crippen LogP contribution in [0.15, 0.2) is 39.9 Å². The van der Waals surface area contributed by atoms with Crippen LogP contribution in [0.5, 0.6) is 11.5 Å². The van der Waals surface area contributed by atoms with E-state index < -0.39 is 10.0 Å². The van der Waals surface area contributed by atoms with Gasteiger partial charge in [0, 0.05) is 30.7 Å². The number of amides is 2. The van der Waals surface area contributed by atoms with Gasteiger partial charge >= 0.3 is 0 Å². The molecule has 1 aliphatic rings. The van der Waals surface area contributed by atoms with Gasteiger partial charge in [-0.1, -0.05) is 6.07 Å². The van der Waals surface area contributed by atoms with Crippen LogP contribution in [0.4, 0.5) is 0 Å². The number of nitrogens with one attached hydrogen (secondary N) is 2. The van der Waals surface area contributed by atoms with Crippen LogP contribution >= 0.6 is 11.3 Å². The summed E-state index contributed by atoms with van der Waals surface area (Å²) in [6, 6.07) is 7.89. The average Bonchev–Trinajstić information content (AvgIpc) is 3.33. The Morgan fingerprint density at radius 2 is 1.91 bits per heavy atom. The summed E-state index contributed by atoms with van der Waals surface area (Å²) in [5.41, 5.74) is 0.434. The molecule has 0 unspecified atom stereocenters. The maximum atomic E-state index is 13.0. The van der Waals surface area contributed by atoms with Gasteiger partial charge in [0.05, 0.1) is 7.11 Å². The first-order chi connectivity index (χ1) is 15.7. The molecule has 2 amide bonds. The van der Waals surface area contributed by atoms with Gasteiger partial charge in [-0.2, -0.15) is 0 Å². The quantitative estimate of drug-likeness (QED) is 0.552. The number of rotatable bonds is 9. The molecular formula is C22H29N3O6S2. The number of ether oxygens (including phenoxy) is 2. The normalized spacial score (nSPS) is 14.8. The summed E-state index contributed by atoms with van der Waals surface area (Å²) in [5, 5.41) is 4.46. The van der Waals surface area contributed by atoms with Crippen molar-refractivity contribution in [2.75, 3.05) is 26.8 Å². The summed E-state index contributed by atoms with van der Waals surface area (Å²) in [4.78, 5) is 26.5. The average molecular weight is 496 g/mol. The molecule has 9 nitrogen and oxygen atoms in total. The number of piperidine rings is 1. The molecule has 11 heteroatoms. The molecule has 180 valence electrons. The van der Waals surface area contributed by atoms with E-state index in [4.69, 9.17) is 9.47 Å². The Morgan fingerprint density at radius 1 is 1.18 bits per heavy atom. The summed E-state index contributed by atoms with van der Waals surface area (Å²) >= 11 is 1.17. The third kappa shape index (κ3) is 6.68. The van der Waals surface area contributed by atoms with E-state index in [0.717, 1.165) is 0 Å². The van der Waals surface area contributed by atoms with Gasteiger partial charge in [0.15, 0.2) is 18.1 Å². The number of methoxy groups -OCH3 is 1. The maximum absolute atomic E-state index is 13.0. The number of nitrogens with zero attached hydrogens (tertiary/aromatic N) is 1. The Bertz CT molecular complexity index is 1060. The van der Waals surface area contributed by atoms with Gasteiger partial charge in [-0.3, -0.25) is 9.59 Å². The highest BCUT2D eigenvalue weighted by molar-refractivity contribution is 7.91. The maximum Gasteiger partial charge on any atom is 0.258 e. The molecule has 0 radical (unpaired) electrons. The summed E-state index contributed by atoms with van der Waals surface area (Å²) < 4.78 is 38.7. The molecule has 1 aliphatic heterocycles. The van der Waals surface area contributed by atoms with Gasteiger partial charge in [-0.25, -0.2) is 13.1 Å². The second-order valence-electron chi connectivity index (χ2n) is 8.00. The lowest BCUT2D eigenvalue weighted by Crippen LogP contribution is -2.46. The second-order valence-corrected chi connectivity index (χ2v) is 10.9. The zero-order valence-electron chi connectivity index (χ0n) is 18.9. The molecule has 0 bridgehead atoms. The monoisotopic (exact) mass is 495 g/mol. The van der Waals surface area contributed by atoms with E-state index in [1.807, 2.05) is 13.8 Å². The number of hydrogen-bond acceptors (Lipinski definition) is 7. The fourth-order valence-corrected chi connectivity index (χ4v) is 5.82. The van der Waals surface area contributed by atoms with Gasteiger partial charge in [0.25, 0.3) is 11.8 Å². The molecular weight excluding hydrogens is 466 g/mol. The first-order valence-electron chi connectivity index (χ1n) is 10.6. The molecule has 0 atom stereocenters. The number of likely N-dealkylation sites (tertiary alicyclic amines) is 1. The first-order valence-corrected chi connectivity index (χ1v) is 13.0.